The number of aryl methyl sites for hydroxylation is 1. The summed E-state index contributed by atoms with van der Waals surface area (Å²) in [5.41, 5.74) is 2.93. The summed E-state index contributed by atoms with van der Waals surface area (Å²) in [6.07, 6.45) is 1.96. The van der Waals surface area contributed by atoms with Crippen LogP contribution in [-0.2, 0) is 11.8 Å². The molecular weight excluding hydrogens is 300 g/mol. The highest BCUT2D eigenvalue weighted by molar-refractivity contribution is 5.98. The van der Waals surface area contributed by atoms with Gasteiger partial charge >= 0.3 is 0 Å². The summed E-state index contributed by atoms with van der Waals surface area (Å²) < 4.78 is 7.90. The second kappa shape index (κ2) is 6.13. The number of hydrogen-bond donors (Lipinski definition) is 0. The Morgan fingerprint density at radius 1 is 1.12 bits per heavy atom. The number of fused-ring (bicyclic) bond motifs is 1. The average molecular weight is 320 g/mol. The van der Waals surface area contributed by atoms with Crippen LogP contribution in [0.3, 0.4) is 0 Å². The zero-order valence-electron chi connectivity index (χ0n) is 13.7. The van der Waals surface area contributed by atoms with Crippen molar-refractivity contribution < 1.29 is 9.53 Å². The first-order valence-corrected chi connectivity index (χ1v) is 8.23. The van der Waals surface area contributed by atoms with Crippen molar-refractivity contribution in [1.29, 1.82) is 0 Å². The maximum atomic E-state index is 12.9. The standard InChI is InChI=1S/C20H20N2O2/c1-21-10-9-15-7-8-17(13-18(15)21)20(23)22-11-12-24-19(14-22)16-5-3-2-4-6-16/h2-10,13,19H,11-12,14H2,1H3. The molecule has 122 valence electrons. The molecule has 1 fully saturated rings. The van der Waals surface area contributed by atoms with Gasteiger partial charge in [0.2, 0.25) is 0 Å². The minimum Gasteiger partial charge on any atom is -0.370 e. The highest BCUT2D eigenvalue weighted by Crippen LogP contribution is 2.24. The van der Waals surface area contributed by atoms with E-state index in [-0.39, 0.29) is 12.0 Å². The maximum absolute atomic E-state index is 12.9. The van der Waals surface area contributed by atoms with E-state index < -0.39 is 0 Å². The molecule has 1 aliphatic rings. The zero-order valence-corrected chi connectivity index (χ0v) is 13.7. The van der Waals surface area contributed by atoms with Crippen LogP contribution < -0.4 is 0 Å². The second-order valence-electron chi connectivity index (χ2n) is 6.22. The van der Waals surface area contributed by atoms with Crippen LogP contribution in [0.5, 0.6) is 0 Å². The van der Waals surface area contributed by atoms with E-state index in [9.17, 15) is 4.79 Å². The Bertz CT molecular complexity index is 870. The van der Waals surface area contributed by atoms with Crippen molar-refractivity contribution in [3.63, 3.8) is 0 Å². The van der Waals surface area contributed by atoms with Crippen LogP contribution in [0.15, 0.2) is 60.8 Å². The molecule has 4 rings (SSSR count). The number of rotatable bonds is 2. The number of amides is 1. The molecule has 2 heterocycles. The van der Waals surface area contributed by atoms with Crippen molar-refractivity contribution in [2.75, 3.05) is 19.7 Å². The van der Waals surface area contributed by atoms with Crippen LogP contribution in [0.25, 0.3) is 10.9 Å². The SMILES string of the molecule is Cn1ccc2ccc(C(=O)N3CCOC(c4ccccc4)C3)cc21. The van der Waals surface area contributed by atoms with Gasteiger partial charge in [-0.2, -0.15) is 0 Å². The largest absolute Gasteiger partial charge is 0.370 e. The summed E-state index contributed by atoms with van der Waals surface area (Å²) in [5.74, 6) is 0.0716. The maximum Gasteiger partial charge on any atom is 0.254 e. The molecule has 4 heteroatoms. The summed E-state index contributed by atoms with van der Waals surface area (Å²) in [4.78, 5) is 14.8. The molecule has 1 aromatic heterocycles. The van der Waals surface area contributed by atoms with E-state index in [2.05, 4.69) is 18.2 Å². The first-order valence-electron chi connectivity index (χ1n) is 8.23. The minimum atomic E-state index is -0.0531. The number of morpholine rings is 1. The van der Waals surface area contributed by atoms with E-state index in [1.54, 1.807) is 0 Å². The lowest BCUT2D eigenvalue weighted by molar-refractivity contribution is -0.0228. The predicted octanol–water partition coefficient (Wildman–Crippen LogP) is 3.39. The van der Waals surface area contributed by atoms with Crippen LogP contribution in [0, 0.1) is 0 Å². The molecule has 2 aromatic carbocycles. The van der Waals surface area contributed by atoms with E-state index >= 15 is 0 Å². The lowest BCUT2D eigenvalue weighted by Gasteiger charge is -2.33. The molecule has 1 atom stereocenters. The fourth-order valence-electron chi connectivity index (χ4n) is 3.28. The average Bonchev–Trinajstić information content (AvgIpc) is 3.02. The molecule has 0 saturated carbocycles. The quantitative estimate of drug-likeness (QED) is 0.725. The van der Waals surface area contributed by atoms with Crippen molar-refractivity contribution in [2.24, 2.45) is 7.05 Å². The summed E-state index contributed by atoms with van der Waals surface area (Å²) in [6, 6.07) is 18.1. The molecule has 24 heavy (non-hydrogen) atoms. The van der Waals surface area contributed by atoms with Crippen LogP contribution in [0.2, 0.25) is 0 Å². The topological polar surface area (TPSA) is 34.5 Å². The van der Waals surface area contributed by atoms with Crippen molar-refractivity contribution in [3.8, 4) is 0 Å². The van der Waals surface area contributed by atoms with E-state index in [4.69, 9.17) is 4.74 Å². The van der Waals surface area contributed by atoms with Crippen LogP contribution in [-0.4, -0.2) is 35.1 Å². The molecule has 0 bridgehead atoms. The zero-order chi connectivity index (χ0) is 16.5. The molecule has 1 unspecified atom stereocenters. The Morgan fingerprint density at radius 2 is 1.96 bits per heavy atom. The number of benzene rings is 2. The molecule has 1 aliphatic heterocycles. The smallest absolute Gasteiger partial charge is 0.254 e. The summed E-state index contributed by atoms with van der Waals surface area (Å²) in [5, 5.41) is 1.15. The van der Waals surface area contributed by atoms with Gasteiger partial charge in [0.1, 0.15) is 6.10 Å². The van der Waals surface area contributed by atoms with Crippen LogP contribution >= 0.6 is 0 Å². The van der Waals surface area contributed by atoms with Crippen LogP contribution in [0.1, 0.15) is 22.0 Å². The third-order valence-corrected chi connectivity index (χ3v) is 4.66. The summed E-state index contributed by atoms with van der Waals surface area (Å²) in [7, 11) is 2.00. The van der Waals surface area contributed by atoms with E-state index in [1.807, 2.05) is 59.1 Å². The van der Waals surface area contributed by atoms with Gasteiger partial charge in [0.05, 0.1) is 13.2 Å². The van der Waals surface area contributed by atoms with Gasteiger partial charge in [0, 0.05) is 30.9 Å². The van der Waals surface area contributed by atoms with Gasteiger partial charge in [-0.05, 0) is 29.1 Å². The lowest BCUT2D eigenvalue weighted by atomic mass is 10.1. The minimum absolute atomic E-state index is 0.0531. The van der Waals surface area contributed by atoms with Crippen molar-refractivity contribution in [2.45, 2.75) is 6.10 Å². The number of carbonyl (C=O) groups excluding carboxylic acids is 1. The van der Waals surface area contributed by atoms with Crippen molar-refractivity contribution in [3.05, 3.63) is 71.9 Å². The van der Waals surface area contributed by atoms with Gasteiger partial charge in [-0.1, -0.05) is 36.4 Å². The summed E-state index contributed by atoms with van der Waals surface area (Å²) in [6.45, 7) is 1.79. The Labute approximate surface area is 141 Å². The van der Waals surface area contributed by atoms with Gasteiger partial charge in [0.25, 0.3) is 5.91 Å². The van der Waals surface area contributed by atoms with Crippen LogP contribution in [0.4, 0.5) is 0 Å². The Morgan fingerprint density at radius 3 is 2.79 bits per heavy atom. The number of carbonyl (C=O) groups is 1. The fraction of sp³-hybridized carbons (Fsp3) is 0.250. The molecule has 0 aliphatic carbocycles. The number of aromatic nitrogens is 1. The molecule has 0 radical (unpaired) electrons. The first kappa shape index (κ1) is 15.0. The van der Waals surface area contributed by atoms with E-state index in [0.29, 0.717) is 19.7 Å². The number of hydrogen-bond acceptors (Lipinski definition) is 2. The Hall–Kier alpha value is -2.59. The molecule has 1 amide bonds. The van der Waals surface area contributed by atoms with Gasteiger partial charge < -0.3 is 14.2 Å². The molecular formula is C20H20N2O2. The monoisotopic (exact) mass is 320 g/mol. The molecule has 4 nitrogen and oxygen atoms in total. The summed E-state index contributed by atoms with van der Waals surface area (Å²) >= 11 is 0. The highest BCUT2D eigenvalue weighted by atomic mass is 16.5. The van der Waals surface area contributed by atoms with Crippen molar-refractivity contribution >= 4 is 16.8 Å². The van der Waals surface area contributed by atoms with E-state index in [0.717, 1.165) is 22.0 Å². The molecule has 0 N–H and O–H groups in total. The Balaban J connectivity index is 1.57. The third kappa shape index (κ3) is 2.69. The van der Waals surface area contributed by atoms with E-state index in [1.165, 1.54) is 0 Å². The normalized spacial score (nSPS) is 18.0. The fourth-order valence-corrected chi connectivity index (χ4v) is 3.28. The van der Waals surface area contributed by atoms with Gasteiger partial charge in [-0.15, -0.1) is 0 Å². The second-order valence-corrected chi connectivity index (χ2v) is 6.22. The molecule has 0 spiro atoms. The lowest BCUT2D eigenvalue weighted by Crippen LogP contribution is -2.42. The molecule has 1 saturated heterocycles. The first-order chi connectivity index (χ1) is 11.7. The van der Waals surface area contributed by atoms with Gasteiger partial charge in [0.15, 0.2) is 0 Å². The highest BCUT2D eigenvalue weighted by Gasteiger charge is 2.26. The van der Waals surface area contributed by atoms with Gasteiger partial charge in [-0.25, -0.2) is 0 Å². The predicted molar refractivity (Wildman–Crippen MR) is 94.0 cm³/mol. The molecule has 3 aromatic rings. The third-order valence-electron chi connectivity index (χ3n) is 4.66. The van der Waals surface area contributed by atoms with Gasteiger partial charge in [-0.3, -0.25) is 4.79 Å². The van der Waals surface area contributed by atoms with Crippen molar-refractivity contribution in [1.82, 2.24) is 9.47 Å². The number of ether oxygens (including phenoxy) is 1. The Kier molecular flexibility index (Phi) is 3.82. The number of nitrogens with zero attached hydrogens (tertiary/aromatic N) is 2.